The Morgan fingerprint density at radius 2 is 1.45 bits per heavy atom. The number of benzene rings is 5. The van der Waals surface area contributed by atoms with E-state index in [0.29, 0.717) is 42.7 Å². The summed E-state index contributed by atoms with van der Waals surface area (Å²) in [6.07, 6.45) is 1.53. The maximum absolute atomic E-state index is 13.8. The summed E-state index contributed by atoms with van der Waals surface area (Å²) in [6.45, 7) is 0. The van der Waals surface area contributed by atoms with Crippen molar-refractivity contribution >= 4 is 92.5 Å². The van der Waals surface area contributed by atoms with Crippen LogP contribution >= 0.6 is 57.9 Å². The molecule has 51 heavy (non-hydrogen) atoms. The van der Waals surface area contributed by atoms with Crippen LogP contribution in [0.25, 0.3) is 17.3 Å². The van der Waals surface area contributed by atoms with Crippen LogP contribution in [0.15, 0.2) is 143 Å². The zero-order valence-electron chi connectivity index (χ0n) is 26.5. The van der Waals surface area contributed by atoms with Gasteiger partial charge < -0.3 is 16.0 Å². The van der Waals surface area contributed by atoms with Gasteiger partial charge in [0.25, 0.3) is 11.8 Å². The fourth-order valence-corrected chi connectivity index (χ4v) is 7.16. The van der Waals surface area contributed by atoms with E-state index in [4.69, 9.17) is 34.8 Å². The van der Waals surface area contributed by atoms with Crippen LogP contribution in [0.2, 0.25) is 15.1 Å². The third-order valence-corrected chi connectivity index (χ3v) is 10.5. The quantitative estimate of drug-likeness (QED) is 0.0900. The number of aromatic nitrogens is 1. The van der Waals surface area contributed by atoms with E-state index in [1.807, 2.05) is 47.8 Å². The molecule has 0 saturated heterocycles. The number of carbonyl (C=O) groups is 3. The molecule has 0 spiro atoms. The van der Waals surface area contributed by atoms with Gasteiger partial charge in [0.15, 0.2) is 5.13 Å². The lowest BCUT2D eigenvalue weighted by Gasteiger charge is -2.17. The van der Waals surface area contributed by atoms with Crippen molar-refractivity contribution < 1.29 is 14.4 Å². The van der Waals surface area contributed by atoms with Gasteiger partial charge in [0, 0.05) is 32.1 Å². The molecular weight excluding hydrogens is 743 g/mol. The molecule has 0 fully saturated rings. The van der Waals surface area contributed by atoms with Gasteiger partial charge in [-0.15, -0.1) is 23.1 Å². The van der Waals surface area contributed by atoms with Gasteiger partial charge in [-0.25, -0.2) is 4.98 Å². The molecule has 3 N–H and O–H groups in total. The van der Waals surface area contributed by atoms with Crippen molar-refractivity contribution in [2.75, 3.05) is 10.6 Å². The minimum absolute atomic E-state index is 0.000220. The summed E-state index contributed by atoms with van der Waals surface area (Å²) in [4.78, 5) is 45.9. The molecule has 6 aromatic rings. The highest BCUT2D eigenvalue weighted by Crippen LogP contribution is 2.38. The van der Waals surface area contributed by atoms with Crippen LogP contribution in [-0.2, 0) is 9.59 Å². The van der Waals surface area contributed by atoms with Gasteiger partial charge in [0.05, 0.1) is 15.7 Å². The number of rotatable bonds is 11. The van der Waals surface area contributed by atoms with Crippen LogP contribution in [0.3, 0.4) is 0 Å². The zero-order valence-corrected chi connectivity index (χ0v) is 30.4. The Hall–Kier alpha value is -4.90. The van der Waals surface area contributed by atoms with Gasteiger partial charge in [-0.3, -0.25) is 14.4 Å². The van der Waals surface area contributed by atoms with Gasteiger partial charge >= 0.3 is 0 Å². The highest BCUT2D eigenvalue weighted by Gasteiger charge is 2.24. The lowest BCUT2D eigenvalue weighted by Crippen LogP contribution is -2.30. The van der Waals surface area contributed by atoms with Crippen molar-refractivity contribution in [3.8, 4) is 11.3 Å². The first-order chi connectivity index (χ1) is 24.7. The average molecular weight is 770 g/mol. The van der Waals surface area contributed by atoms with Crippen LogP contribution in [-0.4, -0.2) is 22.7 Å². The molecular formula is C39H27Cl3N4O3S2. The Balaban J connectivity index is 1.21. The van der Waals surface area contributed by atoms with E-state index >= 15 is 0 Å². The van der Waals surface area contributed by atoms with Gasteiger partial charge in [0.1, 0.15) is 10.9 Å². The van der Waals surface area contributed by atoms with E-state index in [9.17, 15) is 14.4 Å². The molecule has 12 heteroatoms. The molecule has 5 aromatic carbocycles. The van der Waals surface area contributed by atoms with Crippen LogP contribution in [0, 0.1) is 0 Å². The van der Waals surface area contributed by atoms with E-state index in [0.717, 1.165) is 16.0 Å². The minimum Gasteiger partial charge on any atom is -0.321 e. The van der Waals surface area contributed by atoms with Crippen LogP contribution in [0.1, 0.15) is 26.7 Å². The number of halogens is 3. The zero-order chi connectivity index (χ0) is 35.7. The molecule has 3 amide bonds. The highest BCUT2D eigenvalue weighted by atomic mass is 35.5. The van der Waals surface area contributed by atoms with E-state index < -0.39 is 17.1 Å². The van der Waals surface area contributed by atoms with Crippen LogP contribution < -0.4 is 16.0 Å². The summed E-state index contributed by atoms with van der Waals surface area (Å²) in [5.41, 5.74) is 3.62. The summed E-state index contributed by atoms with van der Waals surface area (Å²) in [5.74, 6) is -1.28. The number of carbonyl (C=O) groups excluding carboxylic acids is 3. The first-order valence-corrected chi connectivity index (χ1v) is 18.3. The SMILES string of the molecule is O=C(Nc1cccc(SC(C(=O)Nc2nc(-c3ccc(Cl)c(Cl)c3)cs2)c2ccccc2)c1)/C(=C\c1ccccc1Cl)NC(=O)c1ccccc1. The van der Waals surface area contributed by atoms with E-state index in [1.165, 1.54) is 29.2 Å². The predicted molar refractivity (Wildman–Crippen MR) is 210 cm³/mol. The topological polar surface area (TPSA) is 100 Å². The van der Waals surface area contributed by atoms with Crippen molar-refractivity contribution in [1.29, 1.82) is 0 Å². The van der Waals surface area contributed by atoms with Gasteiger partial charge in [-0.1, -0.05) is 114 Å². The summed E-state index contributed by atoms with van der Waals surface area (Å²) in [6, 6.07) is 37.4. The molecule has 1 aromatic heterocycles. The van der Waals surface area contributed by atoms with E-state index in [1.54, 1.807) is 84.9 Å². The Kier molecular flexibility index (Phi) is 11.9. The van der Waals surface area contributed by atoms with Gasteiger partial charge in [0.2, 0.25) is 5.91 Å². The monoisotopic (exact) mass is 768 g/mol. The fraction of sp³-hybridized carbons (Fsp3) is 0.0256. The van der Waals surface area contributed by atoms with Crippen molar-refractivity contribution in [2.45, 2.75) is 10.1 Å². The molecule has 7 nitrogen and oxygen atoms in total. The van der Waals surface area contributed by atoms with Crippen molar-refractivity contribution in [3.63, 3.8) is 0 Å². The van der Waals surface area contributed by atoms with E-state index in [-0.39, 0.29) is 11.6 Å². The summed E-state index contributed by atoms with van der Waals surface area (Å²) >= 11 is 21.3. The molecule has 0 bridgehead atoms. The lowest BCUT2D eigenvalue weighted by atomic mass is 10.1. The molecule has 254 valence electrons. The van der Waals surface area contributed by atoms with Crippen LogP contribution in [0.5, 0.6) is 0 Å². The number of thiazole rings is 1. The first kappa shape index (κ1) is 35.9. The molecule has 0 saturated carbocycles. The fourth-order valence-electron chi connectivity index (χ4n) is 4.86. The molecule has 1 unspecified atom stereocenters. The maximum atomic E-state index is 13.8. The average Bonchev–Trinajstić information content (AvgIpc) is 3.61. The Morgan fingerprint density at radius 3 is 2.20 bits per heavy atom. The van der Waals surface area contributed by atoms with Gasteiger partial charge in [-0.05, 0) is 65.7 Å². The molecule has 6 rings (SSSR count). The second kappa shape index (κ2) is 16.9. The Morgan fingerprint density at radius 1 is 0.725 bits per heavy atom. The summed E-state index contributed by atoms with van der Waals surface area (Å²) in [7, 11) is 0. The standard InChI is InChI=1S/C39H27Cl3N4O3S2/c40-30-17-8-7-14-26(30)21-33(44-36(47)25-12-5-2-6-13-25)37(48)43-28-15-9-16-29(22-28)51-35(24-10-3-1-4-11-24)38(49)46-39-45-34(23-50-39)27-18-19-31(41)32(42)20-27/h1-23,35H,(H,43,48)(H,44,47)(H,45,46,49)/b33-21+. The van der Waals surface area contributed by atoms with Crippen molar-refractivity contribution in [3.05, 3.63) is 170 Å². The molecule has 0 aliphatic heterocycles. The Labute approximate surface area is 317 Å². The first-order valence-electron chi connectivity index (χ1n) is 15.4. The van der Waals surface area contributed by atoms with Gasteiger partial charge in [-0.2, -0.15) is 0 Å². The van der Waals surface area contributed by atoms with Crippen LogP contribution in [0.4, 0.5) is 10.8 Å². The number of amides is 3. The normalized spacial score (nSPS) is 11.8. The minimum atomic E-state index is -0.657. The van der Waals surface area contributed by atoms with E-state index in [2.05, 4.69) is 20.9 Å². The number of hydrogen-bond acceptors (Lipinski definition) is 6. The number of thioether (sulfide) groups is 1. The number of anilines is 2. The van der Waals surface area contributed by atoms with Crippen molar-refractivity contribution in [1.82, 2.24) is 10.3 Å². The maximum Gasteiger partial charge on any atom is 0.272 e. The second-order valence-electron chi connectivity index (χ2n) is 10.9. The summed E-state index contributed by atoms with van der Waals surface area (Å²) < 4.78 is 0. The number of hydrogen-bond donors (Lipinski definition) is 3. The van der Waals surface area contributed by atoms with Crippen molar-refractivity contribution in [2.24, 2.45) is 0 Å². The number of nitrogens with zero attached hydrogens (tertiary/aromatic N) is 1. The molecule has 1 atom stereocenters. The molecule has 0 aliphatic rings. The molecule has 0 radical (unpaired) electrons. The Bertz CT molecular complexity index is 2230. The third-order valence-electron chi connectivity index (χ3n) is 7.37. The lowest BCUT2D eigenvalue weighted by molar-refractivity contribution is -0.116. The smallest absolute Gasteiger partial charge is 0.272 e. The summed E-state index contributed by atoms with van der Waals surface area (Å²) in [5, 5.41) is 11.5. The third kappa shape index (κ3) is 9.46. The molecule has 1 heterocycles. The highest BCUT2D eigenvalue weighted by molar-refractivity contribution is 8.00. The molecule has 0 aliphatic carbocycles. The predicted octanol–water partition coefficient (Wildman–Crippen LogP) is 10.7. The number of nitrogens with one attached hydrogen (secondary N) is 3. The second-order valence-corrected chi connectivity index (χ2v) is 14.2. The largest absolute Gasteiger partial charge is 0.321 e.